The van der Waals surface area contributed by atoms with Crippen molar-refractivity contribution in [3.05, 3.63) is 29.8 Å². The van der Waals surface area contributed by atoms with E-state index < -0.39 is 10.1 Å². The lowest BCUT2D eigenvalue weighted by molar-refractivity contribution is -0.941. The van der Waals surface area contributed by atoms with Crippen LogP contribution in [0.1, 0.15) is 69.8 Å². The van der Waals surface area contributed by atoms with Gasteiger partial charge in [-0.15, -0.1) is 0 Å². The van der Waals surface area contributed by atoms with Gasteiger partial charge in [-0.05, 0) is 69.9 Å². The standard InChI is InChI=1S/C14H28N.C7H8O3S/c1-15(2,13-9-5-3-6-10-13)14-11-7-4-8-12-14;1-6-4-2-3-5-7(6)11(8,9)10/h13-14H,3-12H2,1-2H3;2-5H,1H3,(H,8,9,10)/q+1;/p-1. The Bertz CT molecular complexity index is 638. The molecule has 3 rings (SSSR count). The lowest BCUT2D eigenvalue weighted by atomic mass is 9.87. The monoisotopic (exact) mass is 381 g/mol. The van der Waals surface area contributed by atoms with Crippen LogP contribution in [0.5, 0.6) is 0 Å². The number of nitrogens with zero attached hydrogens (tertiary/aromatic N) is 1. The molecular formula is C21H35NO3S. The van der Waals surface area contributed by atoms with E-state index >= 15 is 0 Å². The predicted molar refractivity (Wildman–Crippen MR) is 105 cm³/mol. The second kappa shape index (κ2) is 9.34. The Kier molecular flexibility index (Phi) is 7.68. The Morgan fingerprint density at radius 1 is 0.846 bits per heavy atom. The SMILES string of the molecule is C[N+](C)(C1CCCCC1)C1CCCCC1.Cc1ccccc1S(=O)(=O)[O-]. The van der Waals surface area contributed by atoms with Crippen LogP contribution in [0.4, 0.5) is 0 Å². The first-order chi connectivity index (χ1) is 12.2. The third-order valence-corrected chi connectivity index (χ3v) is 7.39. The van der Waals surface area contributed by atoms with Gasteiger partial charge in [0.05, 0.1) is 31.1 Å². The first kappa shape index (κ1) is 21.4. The summed E-state index contributed by atoms with van der Waals surface area (Å²) in [5, 5.41) is 0. The second-order valence-corrected chi connectivity index (χ2v) is 9.78. The fourth-order valence-electron chi connectivity index (χ4n) is 4.63. The van der Waals surface area contributed by atoms with Crippen LogP contribution in [0.15, 0.2) is 29.2 Å². The molecule has 26 heavy (non-hydrogen) atoms. The minimum atomic E-state index is -4.28. The average molecular weight is 382 g/mol. The molecule has 0 aromatic heterocycles. The second-order valence-electron chi connectivity index (χ2n) is 8.43. The van der Waals surface area contributed by atoms with Crippen molar-refractivity contribution in [1.82, 2.24) is 0 Å². The Hall–Kier alpha value is -0.910. The molecule has 0 saturated heterocycles. The third-order valence-electron chi connectivity index (χ3n) is 6.39. The number of hydrogen-bond acceptors (Lipinski definition) is 3. The molecule has 1 aromatic carbocycles. The number of hydrogen-bond donors (Lipinski definition) is 0. The van der Waals surface area contributed by atoms with Crippen LogP contribution in [0.2, 0.25) is 0 Å². The molecule has 0 aliphatic heterocycles. The van der Waals surface area contributed by atoms with Crippen molar-refractivity contribution in [3.63, 3.8) is 0 Å². The summed E-state index contributed by atoms with van der Waals surface area (Å²) in [6.45, 7) is 1.59. The van der Waals surface area contributed by atoms with Crippen LogP contribution in [-0.2, 0) is 10.1 Å². The molecule has 1 aromatic rings. The summed E-state index contributed by atoms with van der Waals surface area (Å²) >= 11 is 0. The molecule has 0 spiro atoms. The van der Waals surface area contributed by atoms with Crippen molar-refractivity contribution in [2.75, 3.05) is 14.1 Å². The summed E-state index contributed by atoms with van der Waals surface area (Å²) in [6, 6.07) is 8.05. The highest BCUT2D eigenvalue weighted by atomic mass is 32.2. The highest BCUT2D eigenvalue weighted by Gasteiger charge is 2.37. The molecule has 0 amide bonds. The van der Waals surface area contributed by atoms with E-state index in [0.29, 0.717) is 5.56 Å². The van der Waals surface area contributed by atoms with E-state index in [0.717, 1.165) is 12.1 Å². The molecule has 2 saturated carbocycles. The highest BCUT2D eigenvalue weighted by molar-refractivity contribution is 7.85. The molecule has 0 unspecified atom stereocenters. The summed E-state index contributed by atoms with van der Waals surface area (Å²) in [5.41, 5.74) is 0.488. The maximum atomic E-state index is 10.5. The van der Waals surface area contributed by atoms with Gasteiger partial charge in [0.1, 0.15) is 10.1 Å². The van der Waals surface area contributed by atoms with Gasteiger partial charge in [0.15, 0.2) is 0 Å². The lowest BCUT2D eigenvalue weighted by Crippen LogP contribution is -2.56. The molecule has 0 radical (unpaired) electrons. The third kappa shape index (κ3) is 5.80. The van der Waals surface area contributed by atoms with Gasteiger partial charge in [0.25, 0.3) is 0 Å². The highest BCUT2D eigenvalue weighted by Crippen LogP contribution is 2.33. The summed E-state index contributed by atoms with van der Waals surface area (Å²) in [6.07, 6.45) is 14.9. The number of rotatable bonds is 3. The molecule has 0 heterocycles. The fourth-order valence-corrected chi connectivity index (χ4v) is 5.34. The smallest absolute Gasteiger partial charge is 0.124 e. The van der Waals surface area contributed by atoms with E-state index in [9.17, 15) is 13.0 Å². The predicted octanol–water partition coefficient (Wildman–Crippen LogP) is 4.63. The summed E-state index contributed by atoms with van der Waals surface area (Å²) in [5.74, 6) is 0. The molecule has 0 atom stereocenters. The van der Waals surface area contributed by atoms with Crippen molar-refractivity contribution in [1.29, 1.82) is 0 Å². The maximum Gasteiger partial charge on any atom is 0.124 e. The number of benzene rings is 1. The Morgan fingerprint density at radius 3 is 1.62 bits per heavy atom. The number of aryl methyl sites for hydroxylation is 1. The molecular weight excluding hydrogens is 346 g/mol. The van der Waals surface area contributed by atoms with Crippen molar-refractivity contribution < 1.29 is 17.5 Å². The molecule has 148 valence electrons. The summed E-state index contributed by atoms with van der Waals surface area (Å²) < 4.78 is 32.8. The van der Waals surface area contributed by atoms with Gasteiger partial charge in [-0.3, -0.25) is 0 Å². The quantitative estimate of drug-likeness (QED) is 0.567. The minimum Gasteiger partial charge on any atom is -0.744 e. The van der Waals surface area contributed by atoms with Crippen LogP contribution in [0.25, 0.3) is 0 Å². The largest absolute Gasteiger partial charge is 0.744 e. The molecule has 4 nitrogen and oxygen atoms in total. The Morgan fingerprint density at radius 2 is 1.27 bits per heavy atom. The zero-order chi connectivity index (χ0) is 19.2. The topological polar surface area (TPSA) is 57.2 Å². The van der Waals surface area contributed by atoms with E-state index in [4.69, 9.17) is 0 Å². The minimum absolute atomic E-state index is 0.139. The van der Waals surface area contributed by atoms with Gasteiger partial charge in [0.2, 0.25) is 0 Å². The molecule has 5 heteroatoms. The van der Waals surface area contributed by atoms with Gasteiger partial charge in [-0.25, -0.2) is 8.42 Å². The van der Waals surface area contributed by atoms with Crippen LogP contribution in [0, 0.1) is 6.92 Å². The van der Waals surface area contributed by atoms with E-state index in [1.54, 1.807) is 19.1 Å². The van der Waals surface area contributed by atoms with Gasteiger partial charge in [0, 0.05) is 0 Å². The first-order valence-electron chi connectivity index (χ1n) is 10.1. The fraction of sp³-hybridized carbons (Fsp3) is 0.714. The summed E-state index contributed by atoms with van der Waals surface area (Å²) in [4.78, 5) is -0.139. The van der Waals surface area contributed by atoms with Crippen molar-refractivity contribution >= 4 is 10.1 Å². The Labute approximate surface area is 159 Å². The molecule has 2 fully saturated rings. The van der Waals surface area contributed by atoms with Crippen LogP contribution in [0.3, 0.4) is 0 Å². The Balaban J connectivity index is 0.000000197. The van der Waals surface area contributed by atoms with Gasteiger partial charge < -0.3 is 9.04 Å². The van der Waals surface area contributed by atoms with Crippen LogP contribution in [-0.4, -0.2) is 43.6 Å². The lowest BCUT2D eigenvalue weighted by Gasteiger charge is -2.47. The summed E-state index contributed by atoms with van der Waals surface area (Å²) in [7, 11) is 0.728. The van der Waals surface area contributed by atoms with E-state index in [-0.39, 0.29) is 4.90 Å². The normalized spacial score (nSPS) is 20.3. The molecule has 2 aliphatic rings. The van der Waals surface area contributed by atoms with Gasteiger partial charge in [-0.1, -0.05) is 31.0 Å². The van der Waals surface area contributed by atoms with Crippen LogP contribution < -0.4 is 0 Å². The van der Waals surface area contributed by atoms with E-state index in [1.165, 1.54) is 80.8 Å². The zero-order valence-electron chi connectivity index (χ0n) is 16.6. The van der Waals surface area contributed by atoms with Crippen LogP contribution >= 0.6 is 0 Å². The molecule has 0 bridgehead atoms. The first-order valence-corrected chi connectivity index (χ1v) is 11.5. The van der Waals surface area contributed by atoms with Crippen molar-refractivity contribution in [3.8, 4) is 0 Å². The van der Waals surface area contributed by atoms with Crippen molar-refractivity contribution in [2.24, 2.45) is 0 Å². The maximum absolute atomic E-state index is 10.5. The zero-order valence-corrected chi connectivity index (χ0v) is 17.4. The average Bonchev–Trinajstić information content (AvgIpc) is 2.63. The van der Waals surface area contributed by atoms with Gasteiger partial charge in [-0.2, -0.15) is 0 Å². The molecule has 0 N–H and O–H groups in total. The van der Waals surface area contributed by atoms with E-state index in [1.807, 2.05) is 0 Å². The van der Waals surface area contributed by atoms with E-state index in [2.05, 4.69) is 14.1 Å². The number of quaternary nitrogens is 1. The van der Waals surface area contributed by atoms with Gasteiger partial charge >= 0.3 is 0 Å². The molecule has 2 aliphatic carbocycles. The van der Waals surface area contributed by atoms with Crippen molar-refractivity contribution in [2.45, 2.75) is 88.1 Å².